The van der Waals surface area contributed by atoms with E-state index in [0.29, 0.717) is 11.4 Å². The predicted molar refractivity (Wildman–Crippen MR) is 88.7 cm³/mol. The predicted octanol–water partition coefficient (Wildman–Crippen LogP) is 1.07. The molecule has 0 bridgehead atoms. The summed E-state index contributed by atoms with van der Waals surface area (Å²) in [6.07, 6.45) is 0.923. The third kappa shape index (κ3) is 3.71. The van der Waals surface area contributed by atoms with Gasteiger partial charge in [0, 0.05) is 17.1 Å². The lowest BCUT2D eigenvalue weighted by Gasteiger charge is -2.29. The Morgan fingerprint density at radius 1 is 1.50 bits per heavy atom. The van der Waals surface area contributed by atoms with Gasteiger partial charge in [0.25, 0.3) is 5.91 Å². The van der Waals surface area contributed by atoms with Crippen LogP contribution in [0.3, 0.4) is 0 Å². The maximum Gasteiger partial charge on any atom is 0.265 e. The lowest BCUT2D eigenvalue weighted by Crippen LogP contribution is -2.47. The summed E-state index contributed by atoms with van der Waals surface area (Å²) in [5.41, 5.74) is 0.633. The first-order valence-corrected chi connectivity index (χ1v) is 7.65. The number of hydrogen-bond acceptors (Lipinski definition) is 4. The van der Waals surface area contributed by atoms with Crippen molar-refractivity contribution in [3.63, 3.8) is 0 Å². The molecule has 0 radical (unpaired) electrons. The van der Waals surface area contributed by atoms with E-state index < -0.39 is 0 Å². The molecule has 1 saturated heterocycles. The van der Waals surface area contributed by atoms with Crippen LogP contribution in [0.5, 0.6) is 5.75 Å². The van der Waals surface area contributed by atoms with Crippen molar-refractivity contribution in [3.8, 4) is 5.75 Å². The van der Waals surface area contributed by atoms with Crippen molar-refractivity contribution in [2.45, 2.75) is 12.5 Å². The lowest BCUT2D eigenvalue weighted by atomic mass is 10.2. The largest absolute Gasteiger partial charge is 0.482 e. The molecule has 1 atom stereocenters. The van der Waals surface area contributed by atoms with Crippen molar-refractivity contribution in [1.82, 2.24) is 10.6 Å². The SMILES string of the molecule is Cl.O=C(CN1C(=O)COc2cc(Br)ccc21)NC1CCNC1. The zero-order chi connectivity index (χ0) is 14.8. The van der Waals surface area contributed by atoms with Crippen molar-refractivity contribution >= 4 is 45.8 Å². The summed E-state index contributed by atoms with van der Waals surface area (Å²) in [7, 11) is 0. The van der Waals surface area contributed by atoms with Gasteiger partial charge >= 0.3 is 0 Å². The van der Waals surface area contributed by atoms with Gasteiger partial charge < -0.3 is 15.4 Å². The second kappa shape index (κ2) is 7.30. The Hall–Kier alpha value is -1.31. The first-order chi connectivity index (χ1) is 10.1. The average Bonchev–Trinajstić information content (AvgIpc) is 2.95. The van der Waals surface area contributed by atoms with Crippen LogP contribution in [0.4, 0.5) is 5.69 Å². The molecular weight excluding hydrogens is 374 g/mol. The van der Waals surface area contributed by atoms with Gasteiger partial charge in [0.05, 0.1) is 5.69 Å². The molecule has 2 amide bonds. The number of ether oxygens (including phenoxy) is 1. The fourth-order valence-corrected chi connectivity index (χ4v) is 2.89. The van der Waals surface area contributed by atoms with Crippen molar-refractivity contribution < 1.29 is 14.3 Å². The standard InChI is InChI=1S/C14H16BrN3O3.ClH/c15-9-1-2-11-12(5-9)21-8-14(20)18(11)7-13(19)17-10-3-4-16-6-10;/h1-2,5,10,16H,3-4,6-8H2,(H,17,19);1H. The fraction of sp³-hybridized carbons (Fsp3) is 0.429. The highest BCUT2D eigenvalue weighted by Gasteiger charge is 2.28. The van der Waals surface area contributed by atoms with Crippen LogP contribution in [-0.2, 0) is 9.59 Å². The molecule has 1 aromatic rings. The highest BCUT2D eigenvalue weighted by Crippen LogP contribution is 2.34. The van der Waals surface area contributed by atoms with Crippen LogP contribution in [-0.4, -0.2) is 44.1 Å². The smallest absolute Gasteiger partial charge is 0.265 e. The lowest BCUT2D eigenvalue weighted by molar-refractivity contribution is -0.125. The zero-order valence-electron chi connectivity index (χ0n) is 11.8. The summed E-state index contributed by atoms with van der Waals surface area (Å²) in [5.74, 6) is 0.261. The van der Waals surface area contributed by atoms with Gasteiger partial charge in [-0.3, -0.25) is 14.5 Å². The van der Waals surface area contributed by atoms with Gasteiger partial charge in [-0.05, 0) is 31.2 Å². The van der Waals surface area contributed by atoms with E-state index in [0.717, 1.165) is 24.0 Å². The van der Waals surface area contributed by atoms with E-state index in [-0.39, 0.29) is 43.4 Å². The quantitative estimate of drug-likeness (QED) is 0.810. The highest BCUT2D eigenvalue weighted by molar-refractivity contribution is 9.10. The molecule has 1 unspecified atom stereocenters. The maximum atomic E-state index is 12.1. The van der Waals surface area contributed by atoms with Gasteiger partial charge in [-0.1, -0.05) is 15.9 Å². The molecule has 1 fully saturated rings. The second-order valence-electron chi connectivity index (χ2n) is 5.14. The number of benzene rings is 1. The van der Waals surface area contributed by atoms with E-state index in [1.807, 2.05) is 6.07 Å². The van der Waals surface area contributed by atoms with E-state index in [9.17, 15) is 9.59 Å². The Labute approximate surface area is 143 Å². The molecule has 0 spiro atoms. The minimum Gasteiger partial charge on any atom is -0.482 e. The average molecular weight is 391 g/mol. The number of nitrogens with one attached hydrogen (secondary N) is 2. The molecule has 22 heavy (non-hydrogen) atoms. The Kier molecular flexibility index (Phi) is 5.66. The van der Waals surface area contributed by atoms with E-state index in [2.05, 4.69) is 26.6 Å². The van der Waals surface area contributed by atoms with Gasteiger partial charge in [0.15, 0.2) is 6.61 Å². The number of anilines is 1. The maximum absolute atomic E-state index is 12.1. The number of nitrogens with zero attached hydrogens (tertiary/aromatic N) is 1. The molecular formula is C14H17BrClN3O3. The van der Waals surface area contributed by atoms with Gasteiger partial charge in [-0.15, -0.1) is 12.4 Å². The topological polar surface area (TPSA) is 70.7 Å². The number of rotatable bonds is 3. The van der Waals surface area contributed by atoms with Crippen LogP contribution < -0.4 is 20.3 Å². The molecule has 0 saturated carbocycles. The molecule has 2 aliphatic rings. The monoisotopic (exact) mass is 389 g/mol. The van der Waals surface area contributed by atoms with Crippen molar-refractivity contribution in [3.05, 3.63) is 22.7 Å². The molecule has 0 aliphatic carbocycles. The van der Waals surface area contributed by atoms with E-state index in [1.165, 1.54) is 4.90 Å². The number of carbonyl (C=O) groups is 2. The molecule has 2 aliphatic heterocycles. The molecule has 0 aromatic heterocycles. The second-order valence-corrected chi connectivity index (χ2v) is 6.05. The molecule has 1 aromatic carbocycles. The van der Waals surface area contributed by atoms with Crippen molar-refractivity contribution in [2.24, 2.45) is 0 Å². The minimum atomic E-state index is -0.204. The third-order valence-corrected chi connectivity index (χ3v) is 4.09. The Balaban J connectivity index is 0.00000176. The van der Waals surface area contributed by atoms with E-state index >= 15 is 0 Å². The van der Waals surface area contributed by atoms with Gasteiger partial charge in [-0.25, -0.2) is 0 Å². The number of amides is 2. The number of halogens is 2. The van der Waals surface area contributed by atoms with Crippen LogP contribution >= 0.6 is 28.3 Å². The Morgan fingerprint density at radius 3 is 3.05 bits per heavy atom. The van der Waals surface area contributed by atoms with Crippen LogP contribution in [0.25, 0.3) is 0 Å². The van der Waals surface area contributed by atoms with Crippen LogP contribution in [0, 0.1) is 0 Å². The number of hydrogen-bond donors (Lipinski definition) is 2. The Bertz CT molecular complexity index is 578. The fourth-order valence-electron chi connectivity index (χ4n) is 2.55. The summed E-state index contributed by atoms with van der Waals surface area (Å²) in [6.45, 7) is 1.68. The van der Waals surface area contributed by atoms with Crippen LogP contribution in [0.15, 0.2) is 22.7 Å². The van der Waals surface area contributed by atoms with Crippen LogP contribution in [0.2, 0.25) is 0 Å². The normalized spacial score (nSPS) is 20.0. The van der Waals surface area contributed by atoms with Gasteiger partial charge in [0.1, 0.15) is 12.3 Å². The number of fused-ring (bicyclic) bond motifs is 1. The third-order valence-electron chi connectivity index (χ3n) is 3.59. The summed E-state index contributed by atoms with van der Waals surface area (Å²) < 4.78 is 6.27. The van der Waals surface area contributed by atoms with Gasteiger partial charge in [0.2, 0.25) is 5.91 Å². The van der Waals surface area contributed by atoms with Crippen LogP contribution in [0.1, 0.15) is 6.42 Å². The van der Waals surface area contributed by atoms with Crippen molar-refractivity contribution in [2.75, 3.05) is 31.1 Å². The van der Waals surface area contributed by atoms with Gasteiger partial charge in [-0.2, -0.15) is 0 Å². The first-order valence-electron chi connectivity index (χ1n) is 6.86. The summed E-state index contributed by atoms with van der Waals surface area (Å²) >= 11 is 3.36. The molecule has 8 heteroatoms. The molecule has 2 N–H and O–H groups in total. The molecule has 2 heterocycles. The minimum absolute atomic E-state index is 0. The van der Waals surface area contributed by atoms with E-state index in [4.69, 9.17) is 4.74 Å². The summed E-state index contributed by atoms with van der Waals surface area (Å²) in [5, 5.41) is 6.13. The number of carbonyl (C=O) groups excluding carboxylic acids is 2. The Morgan fingerprint density at radius 2 is 2.32 bits per heavy atom. The first kappa shape index (κ1) is 17.1. The summed E-state index contributed by atoms with van der Waals surface area (Å²) in [4.78, 5) is 25.6. The zero-order valence-corrected chi connectivity index (χ0v) is 14.2. The van der Waals surface area contributed by atoms with Crippen molar-refractivity contribution in [1.29, 1.82) is 0 Å². The highest BCUT2D eigenvalue weighted by atomic mass is 79.9. The molecule has 120 valence electrons. The summed E-state index contributed by atoms with van der Waals surface area (Å²) in [6, 6.07) is 5.55. The molecule has 3 rings (SSSR count). The van der Waals surface area contributed by atoms with E-state index in [1.54, 1.807) is 12.1 Å². The molecule has 6 nitrogen and oxygen atoms in total.